The van der Waals surface area contributed by atoms with Gasteiger partial charge in [-0.05, 0) is 13.8 Å². The Kier molecular flexibility index (Phi) is 5.15. The molecular weight excluding hydrogens is 332 g/mol. The second-order valence-electron chi connectivity index (χ2n) is 5.35. The third-order valence-electron chi connectivity index (χ3n) is 3.56. The molecule has 2 rings (SSSR count). The number of carbonyl (C=O) groups excluding carboxylic acids is 2. The second kappa shape index (κ2) is 7.11. The summed E-state index contributed by atoms with van der Waals surface area (Å²) in [6.45, 7) is 3.28. The van der Waals surface area contributed by atoms with Crippen LogP contribution in [0, 0.1) is 24.0 Å². The lowest BCUT2D eigenvalue weighted by Crippen LogP contribution is -2.17. The van der Waals surface area contributed by atoms with E-state index in [0.717, 1.165) is 0 Å². The molecule has 0 aromatic carbocycles. The van der Waals surface area contributed by atoms with E-state index in [1.54, 1.807) is 20.9 Å². The highest BCUT2D eigenvalue weighted by Crippen LogP contribution is 2.22. The van der Waals surface area contributed by atoms with Crippen molar-refractivity contribution in [2.45, 2.75) is 26.8 Å². The third-order valence-corrected chi connectivity index (χ3v) is 3.56. The monoisotopic (exact) mass is 350 g/mol. The zero-order chi connectivity index (χ0) is 18.7. The number of aromatic nitrogens is 4. The van der Waals surface area contributed by atoms with Crippen LogP contribution in [0.1, 0.15) is 28.3 Å². The Balaban J connectivity index is 2.06. The molecule has 0 fully saturated rings. The number of ether oxygens (including phenoxy) is 1. The summed E-state index contributed by atoms with van der Waals surface area (Å²) in [4.78, 5) is 34.2. The number of carbonyl (C=O) groups is 2. The van der Waals surface area contributed by atoms with Gasteiger partial charge in [-0.1, -0.05) is 0 Å². The summed E-state index contributed by atoms with van der Waals surface area (Å²) in [6.07, 6.45) is 1.51. The Labute approximate surface area is 142 Å². The number of rotatable bonds is 6. The maximum absolute atomic E-state index is 12.1. The lowest BCUT2D eigenvalue weighted by atomic mass is 10.3. The highest BCUT2D eigenvalue weighted by molar-refractivity contribution is 5.99. The van der Waals surface area contributed by atoms with Crippen LogP contribution in [0.4, 0.5) is 11.4 Å². The summed E-state index contributed by atoms with van der Waals surface area (Å²) < 4.78 is 7.41. The van der Waals surface area contributed by atoms with Crippen molar-refractivity contribution in [3.63, 3.8) is 0 Å². The predicted octanol–water partition coefficient (Wildman–Crippen LogP) is 0.957. The van der Waals surface area contributed by atoms with Gasteiger partial charge in [0, 0.05) is 19.7 Å². The highest BCUT2D eigenvalue weighted by Gasteiger charge is 2.22. The van der Waals surface area contributed by atoms with Gasteiger partial charge in [-0.15, -0.1) is 0 Å². The van der Waals surface area contributed by atoms with Crippen LogP contribution in [0.3, 0.4) is 0 Å². The van der Waals surface area contributed by atoms with E-state index < -0.39 is 10.9 Å². The Morgan fingerprint density at radius 1 is 1.36 bits per heavy atom. The van der Waals surface area contributed by atoms with Crippen LogP contribution in [-0.2, 0) is 23.1 Å². The Bertz CT molecular complexity index is 837. The van der Waals surface area contributed by atoms with E-state index in [9.17, 15) is 19.7 Å². The number of hydrogen-bond acceptors (Lipinski definition) is 7. The van der Waals surface area contributed by atoms with Crippen molar-refractivity contribution in [2.24, 2.45) is 7.05 Å². The normalized spacial score (nSPS) is 10.6. The zero-order valence-corrected chi connectivity index (χ0v) is 14.3. The van der Waals surface area contributed by atoms with Crippen molar-refractivity contribution >= 4 is 23.3 Å². The van der Waals surface area contributed by atoms with Gasteiger partial charge in [0.15, 0.2) is 5.69 Å². The Morgan fingerprint density at radius 2 is 2.04 bits per heavy atom. The molecule has 11 heteroatoms. The lowest BCUT2D eigenvalue weighted by Gasteiger charge is -2.05. The molecule has 0 aliphatic carbocycles. The van der Waals surface area contributed by atoms with Crippen LogP contribution < -0.4 is 5.32 Å². The van der Waals surface area contributed by atoms with Crippen LogP contribution in [0.2, 0.25) is 0 Å². The summed E-state index contributed by atoms with van der Waals surface area (Å²) in [6, 6.07) is 0. The maximum Gasteiger partial charge on any atom is 0.360 e. The van der Waals surface area contributed by atoms with E-state index in [1.165, 1.54) is 22.7 Å². The first-order chi connectivity index (χ1) is 11.7. The van der Waals surface area contributed by atoms with Gasteiger partial charge in [0.05, 0.1) is 24.3 Å². The smallest absolute Gasteiger partial charge is 0.360 e. The molecule has 0 bridgehead atoms. The van der Waals surface area contributed by atoms with Crippen LogP contribution in [-0.4, -0.2) is 43.5 Å². The number of hydrogen-bond donors (Lipinski definition) is 1. The number of esters is 1. The predicted molar refractivity (Wildman–Crippen MR) is 86.1 cm³/mol. The Morgan fingerprint density at radius 3 is 2.60 bits per heavy atom. The average molecular weight is 350 g/mol. The molecule has 1 N–H and O–H groups in total. The van der Waals surface area contributed by atoms with E-state index >= 15 is 0 Å². The molecule has 0 aliphatic heterocycles. The van der Waals surface area contributed by atoms with Crippen molar-refractivity contribution in [1.82, 2.24) is 19.6 Å². The van der Waals surface area contributed by atoms with Crippen molar-refractivity contribution in [1.29, 1.82) is 0 Å². The number of nitro groups is 1. The summed E-state index contributed by atoms with van der Waals surface area (Å²) in [5.41, 5.74) is 0.856. The van der Waals surface area contributed by atoms with Crippen LogP contribution in [0.25, 0.3) is 0 Å². The third kappa shape index (κ3) is 3.82. The number of methoxy groups -OCH3 is 1. The second-order valence-corrected chi connectivity index (χ2v) is 5.35. The summed E-state index contributed by atoms with van der Waals surface area (Å²) in [5.74, 6) is -1.04. The molecule has 25 heavy (non-hydrogen) atoms. The van der Waals surface area contributed by atoms with E-state index in [4.69, 9.17) is 0 Å². The van der Waals surface area contributed by atoms with E-state index in [0.29, 0.717) is 11.4 Å². The highest BCUT2D eigenvalue weighted by atomic mass is 16.6. The lowest BCUT2D eigenvalue weighted by molar-refractivity contribution is -0.386. The molecule has 0 unspecified atom stereocenters. The van der Waals surface area contributed by atoms with E-state index in [1.807, 2.05) is 0 Å². The molecule has 2 aromatic heterocycles. The molecule has 0 aliphatic rings. The number of nitrogens with zero attached hydrogens (tertiary/aromatic N) is 5. The molecule has 0 atom stereocenters. The quantitative estimate of drug-likeness (QED) is 0.466. The summed E-state index contributed by atoms with van der Waals surface area (Å²) in [5, 5.41) is 21.6. The van der Waals surface area contributed by atoms with Gasteiger partial charge < -0.3 is 10.1 Å². The first-order valence-electron chi connectivity index (χ1n) is 7.34. The minimum absolute atomic E-state index is 0.0000944. The number of nitrogens with one attached hydrogen (secondary N) is 1. The largest absolute Gasteiger partial charge is 0.464 e. The van der Waals surface area contributed by atoms with Gasteiger partial charge in [-0.3, -0.25) is 24.3 Å². The molecule has 11 nitrogen and oxygen atoms in total. The van der Waals surface area contributed by atoms with Crippen LogP contribution in [0.5, 0.6) is 0 Å². The van der Waals surface area contributed by atoms with Crippen molar-refractivity contribution < 1.29 is 19.2 Å². The van der Waals surface area contributed by atoms with Crippen LogP contribution >= 0.6 is 0 Å². The van der Waals surface area contributed by atoms with Crippen molar-refractivity contribution in [3.05, 3.63) is 33.4 Å². The fourth-order valence-corrected chi connectivity index (χ4v) is 2.42. The minimum Gasteiger partial charge on any atom is -0.464 e. The van der Waals surface area contributed by atoms with Crippen molar-refractivity contribution in [2.75, 3.05) is 12.4 Å². The first-order valence-corrected chi connectivity index (χ1v) is 7.34. The molecule has 0 saturated carbocycles. The van der Waals surface area contributed by atoms with Gasteiger partial charge in [0.25, 0.3) is 0 Å². The molecule has 1 amide bonds. The average Bonchev–Trinajstić information content (AvgIpc) is 3.03. The van der Waals surface area contributed by atoms with Gasteiger partial charge >= 0.3 is 11.7 Å². The van der Waals surface area contributed by atoms with E-state index in [-0.39, 0.29) is 35.9 Å². The molecule has 2 aromatic rings. The van der Waals surface area contributed by atoms with Gasteiger partial charge in [-0.25, -0.2) is 4.79 Å². The summed E-state index contributed by atoms with van der Waals surface area (Å²) >= 11 is 0. The zero-order valence-electron chi connectivity index (χ0n) is 14.3. The number of amides is 1. The fraction of sp³-hybridized carbons (Fsp3) is 0.429. The number of anilines is 1. The van der Waals surface area contributed by atoms with Gasteiger partial charge in [0.1, 0.15) is 11.4 Å². The molecule has 0 spiro atoms. The number of aryl methyl sites for hydroxylation is 3. The molecule has 2 heterocycles. The van der Waals surface area contributed by atoms with Gasteiger partial charge in [0.2, 0.25) is 5.91 Å². The fourth-order valence-electron chi connectivity index (χ4n) is 2.42. The first kappa shape index (κ1) is 18.1. The van der Waals surface area contributed by atoms with Crippen molar-refractivity contribution in [3.8, 4) is 0 Å². The molecule has 134 valence electrons. The molecule has 0 saturated heterocycles. The van der Waals surface area contributed by atoms with Gasteiger partial charge in [-0.2, -0.15) is 10.2 Å². The van der Waals surface area contributed by atoms with E-state index in [2.05, 4.69) is 20.3 Å². The maximum atomic E-state index is 12.1. The SMILES string of the molecule is COC(=O)c1nn(C)cc1NC(=O)CCn1nc(C)c([N+](=O)[O-])c1C. The summed E-state index contributed by atoms with van der Waals surface area (Å²) in [7, 11) is 2.83. The molecular formula is C14H18N6O5. The standard InChI is InChI=1S/C14H18N6O5/c1-8-13(20(23)24)9(2)19(16-8)6-5-11(21)15-10-7-18(3)17-12(10)14(22)25-4/h7H,5-6H2,1-4H3,(H,15,21). The van der Waals surface area contributed by atoms with Crippen LogP contribution in [0.15, 0.2) is 6.20 Å². The topological polar surface area (TPSA) is 134 Å². The minimum atomic E-state index is -0.662. The Hall–Kier alpha value is -3.24. The molecule has 0 radical (unpaired) electrons.